The first-order chi connectivity index (χ1) is 11.0. The van der Waals surface area contributed by atoms with E-state index in [1.54, 1.807) is 12.1 Å². The Balaban J connectivity index is 1.85. The maximum Gasteiger partial charge on any atom is 0.229 e. The zero-order valence-corrected chi connectivity index (χ0v) is 14.8. The smallest absolute Gasteiger partial charge is 0.229 e. The van der Waals surface area contributed by atoms with E-state index in [2.05, 4.69) is 27.1 Å². The molecule has 3 rings (SSSR count). The molecule has 1 saturated heterocycles. The third-order valence-electron chi connectivity index (χ3n) is 4.00. The highest BCUT2D eigenvalue weighted by molar-refractivity contribution is 6.36. The van der Waals surface area contributed by atoms with E-state index in [9.17, 15) is 0 Å². The monoisotopic (exact) mass is 350 g/mol. The zero-order valence-electron chi connectivity index (χ0n) is 13.3. The van der Waals surface area contributed by atoms with Gasteiger partial charge in [0.2, 0.25) is 5.95 Å². The average Bonchev–Trinajstić information content (AvgIpc) is 2.50. The van der Waals surface area contributed by atoms with Crippen LogP contribution in [0, 0.1) is 12.8 Å². The van der Waals surface area contributed by atoms with Crippen LogP contribution in [0.4, 0.5) is 17.5 Å². The van der Waals surface area contributed by atoms with Crippen molar-refractivity contribution in [1.82, 2.24) is 9.97 Å². The number of aryl methyl sites for hydroxylation is 1. The molecule has 1 aromatic heterocycles. The van der Waals surface area contributed by atoms with Crippen molar-refractivity contribution in [1.29, 1.82) is 0 Å². The van der Waals surface area contributed by atoms with Gasteiger partial charge in [-0.3, -0.25) is 0 Å². The predicted molar refractivity (Wildman–Crippen MR) is 97.1 cm³/mol. The first-order valence-electron chi connectivity index (χ1n) is 7.84. The standard InChI is InChI=1S/C17H20Cl2N4/c1-11-4-3-7-23(10-11)16-8-12(2)20-17(22-16)21-15-6-5-13(18)9-14(15)19/h5-6,8-9,11H,3-4,7,10H2,1-2H3,(H,20,21,22). The second-order valence-corrected chi connectivity index (χ2v) is 6.98. The molecule has 1 aromatic carbocycles. The Bertz CT molecular complexity index is 705. The van der Waals surface area contributed by atoms with Gasteiger partial charge in [0.25, 0.3) is 0 Å². The van der Waals surface area contributed by atoms with Crippen LogP contribution < -0.4 is 10.2 Å². The van der Waals surface area contributed by atoms with Crippen LogP contribution in [0.1, 0.15) is 25.5 Å². The Hall–Kier alpha value is -1.52. The van der Waals surface area contributed by atoms with Crippen molar-refractivity contribution >= 4 is 40.7 Å². The number of hydrogen-bond acceptors (Lipinski definition) is 4. The van der Waals surface area contributed by atoms with Crippen molar-refractivity contribution < 1.29 is 0 Å². The van der Waals surface area contributed by atoms with Gasteiger partial charge in [-0.05, 0) is 43.9 Å². The molecular weight excluding hydrogens is 331 g/mol. The van der Waals surface area contributed by atoms with Gasteiger partial charge < -0.3 is 10.2 Å². The van der Waals surface area contributed by atoms with Gasteiger partial charge in [-0.1, -0.05) is 30.1 Å². The molecule has 0 spiro atoms. The van der Waals surface area contributed by atoms with E-state index in [4.69, 9.17) is 23.2 Å². The summed E-state index contributed by atoms with van der Waals surface area (Å²) in [5.41, 5.74) is 1.68. The molecular formula is C17H20Cl2N4. The minimum absolute atomic E-state index is 0.552. The number of nitrogens with zero attached hydrogens (tertiary/aromatic N) is 3. The lowest BCUT2D eigenvalue weighted by Gasteiger charge is -2.32. The molecule has 1 atom stereocenters. The number of halogens is 2. The lowest BCUT2D eigenvalue weighted by atomic mass is 10.0. The molecule has 0 bridgehead atoms. The summed E-state index contributed by atoms with van der Waals surface area (Å²) in [6.45, 7) is 6.35. The van der Waals surface area contributed by atoms with Gasteiger partial charge >= 0.3 is 0 Å². The molecule has 0 saturated carbocycles. The van der Waals surface area contributed by atoms with Gasteiger partial charge in [-0.15, -0.1) is 0 Å². The minimum atomic E-state index is 0.552. The summed E-state index contributed by atoms with van der Waals surface area (Å²) in [4.78, 5) is 11.5. The first-order valence-corrected chi connectivity index (χ1v) is 8.59. The van der Waals surface area contributed by atoms with E-state index in [1.165, 1.54) is 12.8 Å². The molecule has 2 aromatic rings. The molecule has 23 heavy (non-hydrogen) atoms. The average molecular weight is 351 g/mol. The molecule has 1 fully saturated rings. The fourth-order valence-corrected chi connectivity index (χ4v) is 3.33. The van der Waals surface area contributed by atoms with Gasteiger partial charge in [0.15, 0.2) is 0 Å². The Morgan fingerprint density at radius 3 is 2.78 bits per heavy atom. The molecule has 4 nitrogen and oxygen atoms in total. The van der Waals surface area contributed by atoms with E-state index < -0.39 is 0 Å². The van der Waals surface area contributed by atoms with E-state index in [-0.39, 0.29) is 0 Å². The van der Waals surface area contributed by atoms with Crippen molar-refractivity contribution in [2.24, 2.45) is 5.92 Å². The van der Waals surface area contributed by atoms with Crippen LogP contribution in [0.3, 0.4) is 0 Å². The fourth-order valence-electron chi connectivity index (χ4n) is 2.88. The second kappa shape index (κ2) is 6.93. The summed E-state index contributed by atoms with van der Waals surface area (Å²) in [5.74, 6) is 2.22. The van der Waals surface area contributed by atoms with E-state index >= 15 is 0 Å². The van der Waals surface area contributed by atoms with Crippen LogP contribution in [0.2, 0.25) is 10.0 Å². The van der Waals surface area contributed by atoms with Gasteiger partial charge in [-0.25, -0.2) is 4.98 Å². The topological polar surface area (TPSA) is 41.1 Å². The molecule has 1 aliphatic rings. The lowest BCUT2D eigenvalue weighted by Crippen LogP contribution is -2.35. The van der Waals surface area contributed by atoms with E-state index in [1.807, 2.05) is 19.1 Å². The summed E-state index contributed by atoms with van der Waals surface area (Å²) in [5, 5.41) is 4.35. The highest BCUT2D eigenvalue weighted by Gasteiger charge is 2.18. The quantitative estimate of drug-likeness (QED) is 0.838. The van der Waals surface area contributed by atoms with Crippen molar-refractivity contribution in [2.75, 3.05) is 23.3 Å². The number of benzene rings is 1. The number of nitrogens with one attached hydrogen (secondary N) is 1. The van der Waals surface area contributed by atoms with Crippen LogP contribution in [0.5, 0.6) is 0 Å². The Kier molecular flexibility index (Phi) is 4.93. The van der Waals surface area contributed by atoms with Crippen molar-refractivity contribution in [3.05, 3.63) is 40.0 Å². The third-order valence-corrected chi connectivity index (χ3v) is 4.55. The van der Waals surface area contributed by atoms with Gasteiger partial charge in [-0.2, -0.15) is 4.98 Å². The SMILES string of the molecule is Cc1cc(N2CCCC(C)C2)nc(Nc2ccc(Cl)cc2Cl)n1. The Morgan fingerprint density at radius 2 is 2.04 bits per heavy atom. The molecule has 2 heterocycles. The van der Waals surface area contributed by atoms with Crippen LogP contribution in [0.25, 0.3) is 0 Å². The molecule has 0 amide bonds. The molecule has 6 heteroatoms. The largest absolute Gasteiger partial charge is 0.356 e. The highest BCUT2D eigenvalue weighted by atomic mass is 35.5. The summed E-state index contributed by atoms with van der Waals surface area (Å²) in [7, 11) is 0. The number of anilines is 3. The normalized spacial score (nSPS) is 18.1. The summed E-state index contributed by atoms with van der Waals surface area (Å²) < 4.78 is 0. The molecule has 1 aliphatic heterocycles. The van der Waals surface area contributed by atoms with Crippen LogP contribution in [0.15, 0.2) is 24.3 Å². The van der Waals surface area contributed by atoms with Crippen molar-refractivity contribution in [3.63, 3.8) is 0 Å². The molecule has 0 radical (unpaired) electrons. The molecule has 1 N–H and O–H groups in total. The predicted octanol–water partition coefficient (Wildman–Crippen LogP) is 5.07. The molecule has 1 unspecified atom stereocenters. The summed E-state index contributed by atoms with van der Waals surface area (Å²) in [6, 6.07) is 7.36. The highest BCUT2D eigenvalue weighted by Crippen LogP contribution is 2.28. The van der Waals surface area contributed by atoms with Crippen molar-refractivity contribution in [2.45, 2.75) is 26.7 Å². The maximum absolute atomic E-state index is 6.21. The minimum Gasteiger partial charge on any atom is -0.356 e. The van der Waals surface area contributed by atoms with E-state index in [0.717, 1.165) is 30.3 Å². The maximum atomic E-state index is 6.21. The first kappa shape index (κ1) is 16.3. The second-order valence-electron chi connectivity index (χ2n) is 6.13. The third kappa shape index (κ3) is 4.06. The van der Waals surface area contributed by atoms with Crippen LogP contribution >= 0.6 is 23.2 Å². The molecule has 122 valence electrons. The van der Waals surface area contributed by atoms with Crippen LogP contribution in [-0.2, 0) is 0 Å². The summed E-state index contributed by atoms with van der Waals surface area (Å²) in [6.07, 6.45) is 2.49. The number of rotatable bonds is 3. The Labute approximate surface area is 146 Å². The van der Waals surface area contributed by atoms with Crippen LogP contribution in [-0.4, -0.2) is 23.1 Å². The number of aromatic nitrogens is 2. The lowest BCUT2D eigenvalue weighted by molar-refractivity contribution is 0.444. The number of hydrogen-bond donors (Lipinski definition) is 1. The van der Waals surface area contributed by atoms with Gasteiger partial charge in [0, 0.05) is 29.9 Å². The van der Waals surface area contributed by atoms with Gasteiger partial charge in [0.05, 0.1) is 10.7 Å². The zero-order chi connectivity index (χ0) is 16.4. The van der Waals surface area contributed by atoms with Crippen molar-refractivity contribution in [3.8, 4) is 0 Å². The van der Waals surface area contributed by atoms with E-state index in [0.29, 0.717) is 21.9 Å². The number of piperidine rings is 1. The summed E-state index contributed by atoms with van der Waals surface area (Å²) >= 11 is 12.1. The Morgan fingerprint density at radius 1 is 1.22 bits per heavy atom. The van der Waals surface area contributed by atoms with Gasteiger partial charge in [0.1, 0.15) is 5.82 Å². The molecule has 0 aliphatic carbocycles. The fraction of sp³-hybridized carbons (Fsp3) is 0.412.